The van der Waals surface area contributed by atoms with E-state index in [1.807, 2.05) is 30.3 Å². The van der Waals surface area contributed by atoms with E-state index in [-0.39, 0.29) is 0 Å². The van der Waals surface area contributed by atoms with Crippen LogP contribution in [-0.2, 0) is 0 Å². The number of anilines is 2. The number of amides is 2. The Labute approximate surface area is 111 Å². The largest absolute Gasteiger partial charge is 0.399 e. The number of para-hydroxylation sites is 1. The molecule has 2 rings (SSSR count). The van der Waals surface area contributed by atoms with Crippen LogP contribution in [0.5, 0.6) is 0 Å². The van der Waals surface area contributed by atoms with Crippen molar-refractivity contribution < 1.29 is 4.79 Å². The molecule has 2 amide bonds. The van der Waals surface area contributed by atoms with E-state index < -0.39 is 6.03 Å². The van der Waals surface area contributed by atoms with Gasteiger partial charge in [-0.1, -0.05) is 30.3 Å². The summed E-state index contributed by atoms with van der Waals surface area (Å²) in [6.07, 6.45) is 1.53. The zero-order valence-electron chi connectivity index (χ0n) is 10.2. The quantitative estimate of drug-likeness (QED) is 0.447. The van der Waals surface area contributed by atoms with E-state index in [0.717, 1.165) is 5.56 Å². The number of nitrogens with one attached hydrogen (secondary N) is 2. The summed E-state index contributed by atoms with van der Waals surface area (Å²) in [7, 11) is 0. The molecular weight excluding hydrogens is 240 g/mol. The zero-order valence-corrected chi connectivity index (χ0v) is 10.2. The number of hydrazone groups is 1. The number of nitrogens with zero attached hydrogens (tertiary/aromatic N) is 1. The number of carbonyl (C=O) groups is 1. The fourth-order valence-electron chi connectivity index (χ4n) is 1.49. The maximum absolute atomic E-state index is 11.5. The molecule has 0 atom stereocenters. The van der Waals surface area contributed by atoms with E-state index >= 15 is 0 Å². The van der Waals surface area contributed by atoms with E-state index in [2.05, 4.69) is 15.8 Å². The van der Waals surface area contributed by atoms with Gasteiger partial charge in [-0.15, -0.1) is 0 Å². The highest BCUT2D eigenvalue weighted by Crippen LogP contribution is 2.05. The summed E-state index contributed by atoms with van der Waals surface area (Å²) in [4.78, 5) is 11.5. The van der Waals surface area contributed by atoms with Crippen LogP contribution in [0, 0.1) is 0 Å². The van der Waals surface area contributed by atoms with Crippen LogP contribution >= 0.6 is 0 Å². The van der Waals surface area contributed by atoms with E-state index in [1.54, 1.807) is 24.3 Å². The summed E-state index contributed by atoms with van der Waals surface area (Å²) >= 11 is 0. The molecule has 0 aliphatic heterocycles. The number of urea groups is 1. The Morgan fingerprint density at radius 1 is 1.11 bits per heavy atom. The van der Waals surface area contributed by atoms with Crippen LogP contribution in [0.3, 0.4) is 0 Å². The number of benzene rings is 2. The van der Waals surface area contributed by atoms with Crippen molar-refractivity contribution in [2.45, 2.75) is 0 Å². The van der Waals surface area contributed by atoms with Gasteiger partial charge < -0.3 is 11.1 Å². The van der Waals surface area contributed by atoms with Crippen molar-refractivity contribution in [1.82, 2.24) is 5.43 Å². The Morgan fingerprint density at radius 3 is 2.63 bits per heavy atom. The predicted molar refractivity (Wildman–Crippen MR) is 77.0 cm³/mol. The normalized spacial score (nSPS) is 10.3. The minimum absolute atomic E-state index is 0.397. The van der Waals surface area contributed by atoms with Crippen LogP contribution in [-0.4, -0.2) is 12.2 Å². The Balaban J connectivity index is 1.87. The first-order valence-electron chi connectivity index (χ1n) is 5.75. The summed E-state index contributed by atoms with van der Waals surface area (Å²) in [6, 6.07) is 16.0. The fourth-order valence-corrected chi connectivity index (χ4v) is 1.49. The van der Waals surface area contributed by atoms with Gasteiger partial charge in [-0.3, -0.25) is 0 Å². The lowest BCUT2D eigenvalue weighted by Gasteiger charge is -2.03. The van der Waals surface area contributed by atoms with Crippen LogP contribution in [0.4, 0.5) is 16.2 Å². The highest BCUT2D eigenvalue weighted by Gasteiger charge is 1.98. The molecule has 0 unspecified atom stereocenters. The molecule has 0 fully saturated rings. The second kappa shape index (κ2) is 6.20. The number of hydrogen-bond donors (Lipinski definition) is 3. The molecule has 2 aromatic carbocycles. The average molecular weight is 254 g/mol. The fraction of sp³-hybridized carbons (Fsp3) is 0. The van der Waals surface area contributed by atoms with Crippen molar-refractivity contribution in [2.75, 3.05) is 11.1 Å². The predicted octanol–water partition coefficient (Wildman–Crippen LogP) is 2.42. The second-order valence-electron chi connectivity index (χ2n) is 3.86. The first-order valence-corrected chi connectivity index (χ1v) is 5.75. The topological polar surface area (TPSA) is 79.5 Å². The third-order valence-electron chi connectivity index (χ3n) is 2.32. The first-order chi connectivity index (χ1) is 9.24. The van der Waals surface area contributed by atoms with Gasteiger partial charge in [0.15, 0.2) is 0 Å². The highest BCUT2D eigenvalue weighted by molar-refractivity contribution is 5.90. The summed E-state index contributed by atoms with van der Waals surface area (Å²) in [6.45, 7) is 0. The Morgan fingerprint density at radius 2 is 1.89 bits per heavy atom. The van der Waals surface area contributed by atoms with Crippen molar-refractivity contribution in [3.05, 3.63) is 60.2 Å². The van der Waals surface area contributed by atoms with E-state index in [1.165, 1.54) is 6.21 Å². The Kier molecular flexibility index (Phi) is 4.12. The number of nitrogen functional groups attached to an aromatic ring is 1. The van der Waals surface area contributed by atoms with Crippen molar-refractivity contribution in [2.24, 2.45) is 5.10 Å². The molecular formula is C14H14N4O. The van der Waals surface area contributed by atoms with Crippen LogP contribution in [0.25, 0.3) is 0 Å². The van der Waals surface area contributed by atoms with Crippen LogP contribution in [0.15, 0.2) is 59.7 Å². The average Bonchev–Trinajstić information content (AvgIpc) is 2.40. The van der Waals surface area contributed by atoms with Gasteiger partial charge in [0.05, 0.1) is 6.21 Å². The number of rotatable bonds is 3. The molecule has 5 heteroatoms. The molecule has 0 radical (unpaired) electrons. The molecule has 0 saturated heterocycles. The van der Waals surface area contributed by atoms with Crippen LogP contribution in [0.2, 0.25) is 0 Å². The second-order valence-corrected chi connectivity index (χ2v) is 3.86. The number of nitrogens with two attached hydrogens (primary N) is 1. The molecule has 0 aromatic heterocycles. The third-order valence-corrected chi connectivity index (χ3v) is 2.32. The summed E-state index contributed by atoms with van der Waals surface area (Å²) in [5.41, 5.74) is 10.2. The van der Waals surface area contributed by atoms with E-state index in [0.29, 0.717) is 11.4 Å². The van der Waals surface area contributed by atoms with Gasteiger partial charge in [0, 0.05) is 11.4 Å². The SMILES string of the molecule is Nc1cccc(C=NNC(=O)Nc2ccccc2)c1. The summed E-state index contributed by atoms with van der Waals surface area (Å²) < 4.78 is 0. The molecule has 0 aliphatic carbocycles. The van der Waals surface area contributed by atoms with Gasteiger partial charge >= 0.3 is 6.03 Å². The number of carbonyl (C=O) groups excluding carboxylic acids is 1. The maximum atomic E-state index is 11.5. The smallest absolute Gasteiger partial charge is 0.339 e. The molecule has 2 aromatic rings. The van der Waals surface area contributed by atoms with Gasteiger partial charge in [0.1, 0.15) is 0 Å². The zero-order chi connectivity index (χ0) is 13.5. The van der Waals surface area contributed by atoms with Gasteiger partial charge in [-0.25, -0.2) is 10.2 Å². The molecule has 0 heterocycles. The Bertz CT molecular complexity index is 581. The lowest BCUT2D eigenvalue weighted by atomic mass is 10.2. The molecule has 0 bridgehead atoms. The standard InChI is InChI=1S/C14H14N4O/c15-12-6-4-5-11(9-12)10-16-18-14(19)17-13-7-2-1-3-8-13/h1-10H,15H2,(H2,17,18,19). The molecule has 0 saturated carbocycles. The molecule has 0 spiro atoms. The third kappa shape index (κ3) is 4.16. The maximum Gasteiger partial charge on any atom is 0.339 e. The van der Waals surface area contributed by atoms with Crippen LogP contribution < -0.4 is 16.5 Å². The summed E-state index contributed by atoms with van der Waals surface area (Å²) in [5.74, 6) is 0. The monoisotopic (exact) mass is 254 g/mol. The lowest BCUT2D eigenvalue weighted by Crippen LogP contribution is -2.24. The first kappa shape index (κ1) is 12.6. The minimum atomic E-state index is -0.397. The van der Waals surface area contributed by atoms with Gasteiger partial charge in [0.2, 0.25) is 0 Å². The molecule has 96 valence electrons. The minimum Gasteiger partial charge on any atom is -0.399 e. The van der Waals surface area contributed by atoms with Gasteiger partial charge in [-0.05, 0) is 29.8 Å². The van der Waals surface area contributed by atoms with Crippen molar-refractivity contribution in [1.29, 1.82) is 0 Å². The lowest BCUT2D eigenvalue weighted by molar-refractivity contribution is 0.252. The molecule has 19 heavy (non-hydrogen) atoms. The highest BCUT2D eigenvalue weighted by atomic mass is 16.2. The van der Waals surface area contributed by atoms with Crippen molar-refractivity contribution in [3.8, 4) is 0 Å². The molecule has 0 aliphatic rings. The molecule has 4 N–H and O–H groups in total. The molecule has 5 nitrogen and oxygen atoms in total. The van der Waals surface area contributed by atoms with E-state index in [9.17, 15) is 4.79 Å². The van der Waals surface area contributed by atoms with Crippen LogP contribution in [0.1, 0.15) is 5.56 Å². The Hall–Kier alpha value is -2.82. The number of hydrogen-bond acceptors (Lipinski definition) is 3. The van der Waals surface area contributed by atoms with Crippen molar-refractivity contribution >= 4 is 23.6 Å². The van der Waals surface area contributed by atoms with Gasteiger partial charge in [-0.2, -0.15) is 5.10 Å². The van der Waals surface area contributed by atoms with Crippen molar-refractivity contribution in [3.63, 3.8) is 0 Å². The summed E-state index contributed by atoms with van der Waals surface area (Å²) in [5, 5.41) is 6.49. The van der Waals surface area contributed by atoms with Gasteiger partial charge in [0.25, 0.3) is 0 Å². The van der Waals surface area contributed by atoms with E-state index in [4.69, 9.17) is 5.73 Å².